The molecule has 0 saturated carbocycles. The van der Waals surface area contributed by atoms with Gasteiger partial charge in [-0.05, 0) is 23.6 Å². The number of hydrogen-bond acceptors (Lipinski definition) is 3. The molecule has 0 atom stereocenters. The zero-order valence-electron chi connectivity index (χ0n) is 10.8. The summed E-state index contributed by atoms with van der Waals surface area (Å²) in [7, 11) is 0. The van der Waals surface area contributed by atoms with Crippen molar-refractivity contribution in [2.75, 3.05) is 0 Å². The number of hydrogen-bond donors (Lipinski definition) is 1. The molecule has 0 aliphatic rings. The maximum atomic E-state index is 12.2. The molecule has 0 amide bonds. The van der Waals surface area contributed by atoms with Crippen LogP contribution in [0.1, 0.15) is 5.56 Å². The Bertz CT molecular complexity index is 891. The lowest BCUT2D eigenvalue weighted by atomic mass is 10.0. The predicted octanol–water partition coefficient (Wildman–Crippen LogP) is 4.40. The summed E-state index contributed by atoms with van der Waals surface area (Å²) in [5.41, 5.74) is 2.02. The number of nitriles is 1. The Morgan fingerprint density at radius 1 is 1.14 bits per heavy atom. The Morgan fingerprint density at radius 3 is 2.62 bits per heavy atom. The van der Waals surface area contributed by atoms with E-state index in [1.54, 1.807) is 0 Å². The van der Waals surface area contributed by atoms with Gasteiger partial charge in [-0.25, -0.2) is 0 Å². The summed E-state index contributed by atoms with van der Waals surface area (Å²) in [5, 5.41) is 11.2. The fourth-order valence-corrected chi connectivity index (χ4v) is 3.37. The SMILES string of the molecule is N#Cc1c(-c2cccs2)cc(-c2ccccc2Br)[nH]c1=O. The van der Waals surface area contributed by atoms with Crippen LogP contribution in [0.5, 0.6) is 0 Å². The van der Waals surface area contributed by atoms with Crippen LogP contribution in [0.2, 0.25) is 0 Å². The number of halogens is 1. The van der Waals surface area contributed by atoms with Crippen molar-refractivity contribution < 1.29 is 0 Å². The third-order valence-corrected chi connectivity index (χ3v) is 4.69. The van der Waals surface area contributed by atoms with Gasteiger partial charge >= 0.3 is 0 Å². The molecule has 1 N–H and O–H groups in total. The first-order chi connectivity index (χ1) is 10.2. The van der Waals surface area contributed by atoms with Gasteiger partial charge in [-0.2, -0.15) is 5.26 Å². The van der Waals surface area contributed by atoms with Gasteiger partial charge in [0.1, 0.15) is 11.6 Å². The van der Waals surface area contributed by atoms with Crippen molar-refractivity contribution >= 4 is 27.3 Å². The number of benzene rings is 1. The van der Waals surface area contributed by atoms with Crippen molar-refractivity contribution in [2.45, 2.75) is 0 Å². The van der Waals surface area contributed by atoms with Crippen LogP contribution in [-0.4, -0.2) is 4.98 Å². The standard InChI is InChI=1S/C16H9BrN2OS/c17-13-5-2-1-4-10(13)14-8-11(15-6-3-7-21-15)12(9-18)16(20)19-14/h1-8H,(H,19,20). The van der Waals surface area contributed by atoms with Crippen LogP contribution in [0.15, 0.2) is 57.1 Å². The van der Waals surface area contributed by atoms with Crippen molar-refractivity contribution in [3.05, 3.63) is 68.2 Å². The first-order valence-corrected chi connectivity index (χ1v) is 7.84. The maximum absolute atomic E-state index is 12.2. The molecule has 0 saturated heterocycles. The quantitative estimate of drug-likeness (QED) is 0.739. The van der Waals surface area contributed by atoms with Crippen molar-refractivity contribution in [3.8, 4) is 27.8 Å². The van der Waals surface area contributed by atoms with Gasteiger partial charge in [-0.3, -0.25) is 4.79 Å². The van der Waals surface area contributed by atoms with Gasteiger partial charge in [-0.1, -0.05) is 40.2 Å². The minimum absolute atomic E-state index is 0.147. The topological polar surface area (TPSA) is 56.6 Å². The van der Waals surface area contributed by atoms with E-state index in [4.69, 9.17) is 0 Å². The highest BCUT2D eigenvalue weighted by Gasteiger charge is 2.14. The van der Waals surface area contributed by atoms with E-state index in [0.29, 0.717) is 11.3 Å². The van der Waals surface area contributed by atoms with E-state index in [0.717, 1.165) is 14.9 Å². The van der Waals surface area contributed by atoms with E-state index in [1.807, 2.05) is 53.9 Å². The van der Waals surface area contributed by atoms with Crippen LogP contribution >= 0.6 is 27.3 Å². The summed E-state index contributed by atoms with van der Waals surface area (Å²) >= 11 is 4.99. The highest BCUT2D eigenvalue weighted by atomic mass is 79.9. The van der Waals surface area contributed by atoms with Crippen molar-refractivity contribution in [3.63, 3.8) is 0 Å². The molecule has 0 fully saturated rings. The normalized spacial score (nSPS) is 10.3. The highest BCUT2D eigenvalue weighted by Crippen LogP contribution is 2.31. The lowest BCUT2D eigenvalue weighted by Gasteiger charge is -2.08. The summed E-state index contributed by atoms with van der Waals surface area (Å²) in [6, 6.07) is 15.3. The number of thiophene rings is 1. The number of nitrogens with one attached hydrogen (secondary N) is 1. The Kier molecular flexibility index (Phi) is 3.74. The molecule has 1 aromatic carbocycles. The minimum atomic E-state index is -0.367. The number of aromatic amines is 1. The van der Waals surface area contributed by atoms with Gasteiger partial charge in [0.2, 0.25) is 0 Å². The zero-order valence-corrected chi connectivity index (χ0v) is 13.2. The first-order valence-electron chi connectivity index (χ1n) is 6.17. The summed E-state index contributed by atoms with van der Waals surface area (Å²) in [6.07, 6.45) is 0. The summed E-state index contributed by atoms with van der Waals surface area (Å²) < 4.78 is 0.891. The Hall–Kier alpha value is -2.16. The van der Waals surface area contributed by atoms with Crippen LogP contribution in [0.4, 0.5) is 0 Å². The lowest BCUT2D eigenvalue weighted by molar-refractivity contribution is 1.22. The van der Waals surface area contributed by atoms with E-state index in [-0.39, 0.29) is 11.1 Å². The fraction of sp³-hybridized carbons (Fsp3) is 0. The molecule has 0 radical (unpaired) electrons. The van der Waals surface area contributed by atoms with E-state index in [1.165, 1.54) is 11.3 Å². The van der Waals surface area contributed by atoms with Gasteiger partial charge < -0.3 is 4.98 Å². The molecule has 21 heavy (non-hydrogen) atoms. The third-order valence-electron chi connectivity index (χ3n) is 3.10. The molecule has 3 aromatic rings. The summed E-state index contributed by atoms with van der Waals surface area (Å²) in [4.78, 5) is 15.9. The number of rotatable bonds is 2. The second-order valence-corrected chi connectivity index (χ2v) is 6.17. The molecule has 3 rings (SSSR count). The minimum Gasteiger partial charge on any atom is -0.321 e. The van der Waals surface area contributed by atoms with Crippen LogP contribution in [-0.2, 0) is 0 Å². The summed E-state index contributed by atoms with van der Waals surface area (Å²) in [5.74, 6) is 0. The van der Waals surface area contributed by atoms with E-state index >= 15 is 0 Å². The molecule has 0 unspecified atom stereocenters. The van der Waals surface area contributed by atoms with Crippen LogP contribution in [0, 0.1) is 11.3 Å². The van der Waals surface area contributed by atoms with Crippen molar-refractivity contribution in [1.82, 2.24) is 4.98 Å². The Labute approximate surface area is 133 Å². The Balaban J connectivity index is 2.29. The van der Waals surface area contributed by atoms with E-state index in [9.17, 15) is 10.1 Å². The van der Waals surface area contributed by atoms with Gasteiger partial charge in [-0.15, -0.1) is 11.3 Å². The number of nitrogens with zero attached hydrogens (tertiary/aromatic N) is 1. The van der Waals surface area contributed by atoms with E-state index < -0.39 is 0 Å². The molecule has 5 heteroatoms. The number of H-pyrrole nitrogens is 1. The second-order valence-electron chi connectivity index (χ2n) is 4.37. The fourth-order valence-electron chi connectivity index (χ4n) is 2.12. The molecule has 0 bridgehead atoms. The smallest absolute Gasteiger partial charge is 0.267 e. The van der Waals surface area contributed by atoms with Gasteiger partial charge in [0, 0.05) is 20.5 Å². The Morgan fingerprint density at radius 2 is 1.95 bits per heavy atom. The van der Waals surface area contributed by atoms with Crippen LogP contribution in [0.3, 0.4) is 0 Å². The molecule has 102 valence electrons. The first kappa shape index (κ1) is 13.8. The average molecular weight is 357 g/mol. The molecule has 0 spiro atoms. The van der Waals surface area contributed by atoms with Crippen molar-refractivity contribution in [1.29, 1.82) is 5.26 Å². The average Bonchev–Trinajstić information content (AvgIpc) is 3.01. The summed E-state index contributed by atoms with van der Waals surface area (Å²) in [6.45, 7) is 0. The predicted molar refractivity (Wildman–Crippen MR) is 88.2 cm³/mol. The second kappa shape index (κ2) is 5.68. The molecular weight excluding hydrogens is 348 g/mol. The van der Waals surface area contributed by atoms with Gasteiger partial charge in [0.15, 0.2) is 0 Å². The molecule has 2 aromatic heterocycles. The van der Waals surface area contributed by atoms with Crippen LogP contribution < -0.4 is 5.56 Å². The number of aromatic nitrogens is 1. The molecule has 3 nitrogen and oxygen atoms in total. The molecule has 0 aliphatic carbocycles. The van der Waals surface area contributed by atoms with Gasteiger partial charge in [0.05, 0.1) is 5.69 Å². The lowest BCUT2D eigenvalue weighted by Crippen LogP contribution is -2.12. The highest BCUT2D eigenvalue weighted by molar-refractivity contribution is 9.10. The van der Waals surface area contributed by atoms with Gasteiger partial charge in [0.25, 0.3) is 5.56 Å². The monoisotopic (exact) mass is 356 g/mol. The molecular formula is C16H9BrN2OS. The maximum Gasteiger partial charge on any atom is 0.267 e. The zero-order chi connectivity index (χ0) is 14.8. The third kappa shape index (κ3) is 2.56. The van der Waals surface area contributed by atoms with E-state index in [2.05, 4.69) is 20.9 Å². The largest absolute Gasteiger partial charge is 0.321 e. The molecule has 0 aliphatic heterocycles. The van der Waals surface area contributed by atoms with Crippen molar-refractivity contribution in [2.24, 2.45) is 0 Å². The number of pyridine rings is 1. The van der Waals surface area contributed by atoms with Crippen LogP contribution in [0.25, 0.3) is 21.7 Å². The molecule has 2 heterocycles.